The van der Waals surface area contributed by atoms with E-state index in [-0.39, 0.29) is 18.2 Å². The minimum atomic E-state index is -4.71. The zero-order valence-electron chi connectivity index (χ0n) is 13.3. The van der Waals surface area contributed by atoms with Gasteiger partial charge in [0.1, 0.15) is 5.82 Å². The van der Waals surface area contributed by atoms with Gasteiger partial charge in [-0.05, 0) is 20.8 Å². The monoisotopic (exact) mass is 361 g/mol. The van der Waals surface area contributed by atoms with Gasteiger partial charge >= 0.3 is 12.1 Å². The van der Waals surface area contributed by atoms with Gasteiger partial charge in [-0.1, -0.05) is 0 Å². The summed E-state index contributed by atoms with van der Waals surface area (Å²) in [6.07, 6.45) is -4.71. The number of hydrogen-bond acceptors (Lipinski definition) is 6. The van der Waals surface area contributed by atoms with Crippen molar-refractivity contribution in [2.45, 2.75) is 26.9 Å². The molecule has 13 heteroatoms. The topological polar surface area (TPSA) is 139 Å². The second-order valence-electron chi connectivity index (χ2n) is 5.75. The first kappa shape index (κ1) is 18.4. The SMILES string of the molecule is Cc1nc(C(=O)NCC(C)(C)C(=O)O)nn1-c1n[nH]c(C(F)(F)F)n1. The van der Waals surface area contributed by atoms with Crippen LogP contribution >= 0.6 is 0 Å². The normalized spacial score (nSPS) is 12.2. The van der Waals surface area contributed by atoms with E-state index in [2.05, 4.69) is 25.5 Å². The predicted octanol–water partition coefficient (Wildman–Crippen LogP) is 0.553. The smallest absolute Gasteiger partial charge is 0.451 e. The number of carbonyl (C=O) groups excluding carboxylic acids is 1. The Morgan fingerprint density at radius 1 is 1.28 bits per heavy atom. The molecule has 136 valence electrons. The lowest BCUT2D eigenvalue weighted by Crippen LogP contribution is -2.39. The molecule has 0 spiro atoms. The predicted molar refractivity (Wildman–Crippen MR) is 74.8 cm³/mol. The average molecular weight is 361 g/mol. The van der Waals surface area contributed by atoms with Crippen LogP contribution in [0.3, 0.4) is 0 Å². The molecule has 0 bridgehead atoms. The average Bonchev–Trinajstić information content (AvgIpc) is 3.10. The first-order valence-electron chi connectivity index (χ1n) is 6.87. The number of hydrogen-bond donors (Lipinski definition) is 3. The molecule has 0 fully saturated rings. The van der Waals surface area contributed by atoms with Crippen molar-refractivity contribution >= 4 is 11.9 Å². The highest BCUT2D eigenvalue weighted by atomic mass is 19.4. The molecular formula is C12H14F3N7O3. The first-order chi connectivity index (χ1) is 11.4. The van der Waals surface area contributed by atoms with Crippen molar-refractivity contribution in [2.75, 3.05) is 6.54 Å². The number of carboxylic acid groups (broad SMARTS) is 1. The van der Waals surface area contributed by atoms with E-state index >= 15 is 0 Å². The minimum absolute atomic E-state index is 0.0790. The van der Waals surface area contributed by atoms with Crippen molar-refractivity contribution < 1.29 is 27.9 Å². The molecule has 10 nitrogen and oxygen atoms in total. The maximum atomic E-state index is 12.5. The molecule has 0 unspecified atom stereocenters. The summed E-state index contributed by atoms with van der Waals surface area (Å²) in [7, 11) is 0. The van der Waals surface area contributed by atoms with Crippen LogP contribution in [0.4, 0.5) is 13.2 Å². The Morgan fingerprint density at radius 3 is 2.44 bits per heavy atom. The molecule has 0 aromatic carbocycles. The number of aromatic nitrogens is 6. The molecular weight excluding hydrogens is 347 g/mol. The van der Waals surface area contributed by atoms with Crippen LogP contribution in [0.1, 0.15) is 36.1 Å². The Labute approximate surface area is 138 Å². The van der Waals surface area contributed by atoms with Gasteiger partial charge in [0.05, 0.1) is 5.41 Å². The molecule has 2 rings (SSSR count). The number of alkyl halides is 3. The van der Waals surface area contributed by atoms with Crippen molar-refractivity contribution in [2.24, 2.45) is 5.41 Å². The standard InChI is InChI=1S/C12H14F3N7O3/c1-5-17-6(7(23)16-4-11(2,3)9(24)25)21-22(5)10-18-8(19-20-10)12(13,14)15/h4H2,1-3H3,(H,16,23)(H,24,25)(H,18,19,20). The van der Waals surface area contributed by atoms with Crippen LogP contribution in [0.5, 0.6) is 0 Å². The summed E-state index contributed by atoms with van der Waals surface area (Å²) in [6.45, 7) is 4.04. The van der Waals surface area contributed by atoms with Crippen LogP contribution in [-0.2, 0) is 11.0 Å². The Kier molecular flexibility index (Phi) is 4.51. The van der Waals surface area contributed by atoms with Crippen molar-refractivity contribution in [3.8, 4) is 5.95 Å². The molecule has 0 aliphatic rings. The summed E-state index contributed by atoms with van der Waals surface area (Å²) < 4.78 is 38.5. The van der Waals surface area contributed by atoms with Crippen LogP contribution in [0.25, 0.3) is 5.95 Å². The highest BCUT2D eigenvalue weighted by Crippen LogP contribution is 2.26. The number of nitrogens with one attached hydrogen (secondary N) is 2. The summed E-state index contributed by atoms with van der Waals surface area (Å²) in [5.41, 5.74) is -1.21. The minimum Gasteiger partial charge on any atom is -0.481 e. The van der Waals surface area contributed by atoms with E-state index in [0.717, 1.165) is 4.68 Å². The Bertz CT molecular complexity index is 809. The Morgan fingerprint density at radius 2 is 1.92 bits per heavy atom. The maximum absolute atomic E-state index is 12.5. The van der Waals surface area contributed by atoms with E-state index in [1.807, 2.05) is 0 Å². The molecule has 2 aromatic rings. The fraction of sp³-hybridized carbons (Fsp3) is 0.500. The summed E-state index contributed by atoms with van der Waals surface area (Å²) in [4.78, 5) is 30.1. The van der Waals surface area contributed by atoms with Crippen LogP contribution < -0.4 is 5.32 Å². The Balaban J connectivity index is 2.18. The van der Waals surface area contributed by atoms with E-state index < -0.39 is 35.2 Å². The summed E-state index contributed by atoms with van der Waals surface area (Å²) in [6, 6.07) is 0. The highest BCUT2D eigenvalue weighted by molar-refractivity contribution is 5.90. The molecule has 0 saturated heterocycles. The van der Waals surface area contributed by atoms with Crippen molar-refractivity contribution in [3.05, 3.63) is 17.5 Å². The van der Waals surface area contributed by atoms with Gasteiger partial charge in [-0.25, -0.2) is 4.98 Å². The maximum Gasteiger partial charge on any atom is 0.451 e. The van der Waals surface area contributed by atoms with Crippen LogP contribution in [0.15, 0.2) is 0 Å². The largest absolute Gasteiger partial charge is 0.481 e. The van der Waals surface area contributed by atoms with Crippen molar-refractivity contribution in [1.29, 1.82) is 0 Å². The van der Waals surface area contributed by atoms with Crippen LogP contribution in [0.2, 0.25) is 0 Å². The molecule has 0 radical (unpaired) electrons. The molecule has 0 atom stereocenters. The number of H-pyrrole nitrogens is 1. The molecule has 3 N–H and O–H groups in total. The fourth-order valence-electron chi connectivity index (χ4n) is 1.61. The van der Waals surface area contributed by atoms with Crippen molar-refractivity contribution in [3.63, 3.8) is 0 Å². The van der Waals surface area contributed by atoms with Gasteiger partial charge in [0.2, 0.25) is 11.6 Å². The lowest BCUT2D eigenvalue weighted by molar-refractivity contribution is -0.146. The van der Waals surface area contributed by atoms with Crippen LogP contribution in [-0.4, -0.2) is 53.5 Å². The second-order valence-corrected chi connectivity index (χ2v) is 5.75. The van der Waals surface area contributed by atoms with Gasteiger partial charge in [-0.15, -0.1) is 10.2 Å². The third-order valence-electron chi connectivity index (χ3n) is 3.17. The number of amides is 1. The van der Waals surface area contributed by atoms with E-state index in [1.165, 1.54) is 20.8 Å². The van der Waals surface area contributed by atoms with Gasteiger partial charge in [0, 0.05) is 6.54 Å². The van der Waals surface area contributed by atoms with Gasteiger partial charge in [0.15, 0.2) is 0 Å². The number of carbonyl (C=O) groups is 2. The number of aromatic amines is 1. The van der Waals surface area contributed by atoms with E-state index in [4.69, 9.17) is 5.11 Å². The third kappa shape index (κ3) is 3.92. The quantitative estimate of drug-likeness (QED) is 0.707. The fourth-order valence-corrected chi connectivity index (χ4v) is 1.61. The third-order valence-corrected chi connectivity index (χ3v) is 3.17. The van der Waals surface area contributed by atoms with Gasteiger partial charge < -0.3 is 10.4 Å². The highest BCUT2D eigenvalue weighted by Gasteiger charge is 2.36. The number of carboxylic acids is 1. The van der Waals surface area contributed by atoms with Crippen molar-refractivity contribution in [1.82, 2.24) is 35.3 Å². The van der Waals surface area contributed by atoms with Gasteiger partial charge in [-0.2, -0.15) is 22.8 Å². The zero-order chi connectivity index (χ0) is 19.0. The lowest BCUT2D eigenvalue weighted by atomic mass is 9.94. The summed E-state index contributed by atoms with van der Waals surface area (Å²) >= 11 is 0. The molecule has 0 saturated carbocycles. The van der Waals surface area contributed by atoms with Crippen LogP contribution in [0, 0.1) is 12.3 Å². The number of aliphatic carboxylic acids is 1. The molecule has 2 heterocycles. The lowest BCUT2D eigenvalue weighted by Gasteiger charge is -2.18. The number of nitrogens with zero attached hydrogens (tertiary/aromatic N) is 5. The van der Waals surface area contributed by atoms with Gasteiger partial charge in [-0.3, -0.25) is 14.7 Å². The molecule has 0 aliphatic carbocycles. The summed E-state index contributed by atoms with van der Waals surface area (Å²) in [5, 5.41) is 20.2. The first-order valence-corrected chi connectivity index (χ1v) is 6.87. The zero-order valence-corrected chi connectivity index (χ0v) is 13.3. The van der Waals surface area contributed by atoms with E-state index in [1.54, 1.807) is 5.10 Å². The molecule has 0 aliphatic heterocycles. The van der Waals surface area contributed by atoms with E-state index in [0.29, 0.717) is 0 Å². The molecule has 1 amide bonds. The summed E-state index contributed by atoms with van der Waals surface area (Å²) in [5.74, 6) is -3.90. The van der Waals surface area contributed by atoms with Gasteiger partial charge in [0.25, 0.3) is 11.9 Å². The second kappa shape index (κ2) is 6.14. The number of halogens is 3. The van der Waals surface area contributed by atoms with E-state index in [9.17, 15) is 22.8 Å². The molecule has 2 aromatic heterocycles. The molecule has 25 heavy (non-hydrogen) atoms. The number of rotatable bonds is 5. The number of aryl methyl sites for hydroxylation is 1. The Hall–Kier alpha value is -2.99.